The summed E-state index contributed by atoms with van der Waals surface area (Å²) in [5.41, 5.74) is 0.794. The van der Waals surface area contributed by atoms with Crippen LogP contribution in [0, 0.1) is 12.7 Å². The van der Waals surface area contributed by atoms with E-state index in [1.807, 2.05) is 35.9 Å². The Labute approximate surface area is 144 Å². The molecule has 1 heterocycles. The molecule has 0 unspecified atom stereocenters. The van der Waals surface area contributed by atoms with E-state index >= 15 is 0 Å². The summed E-state index contributed by atoms with van der Waals surface area (Å²) in [5.74, 6) is 0. The maximum Gasteiger partial charge on any atom is 0.160 e. The minimum absolute atomic E-state index is 0. The predicted molar refractivity (Wildman–Crippen MR) is 80.9 cm³/mol. The Bertz CT molecular complexity index is 758. The third kappa shape index (κ3) is 3.24. The van der Waals surface area contributed by atoms with Gasteiger partial charge in [0.2, 0.25) is 0 Å². The number of sulfone groups is 1. The van der Waals surface area contributed by atoms with Gasteiger partial charge in [-0.3, -0.25) is 0 Å². The molecule has 0 N–H and O–H groups in total. The topological polar surface area (TPSA) is 40.6 Å². The van der Waals surface area contributed by atoms with E-state index in [4.69, 9.17) is 0 Å². The third-order valence-corrected chi connectivity index (χ3v) is 4.95. The monoisotopic (exact) mass is 491 g/mol. The smallest absolute Gasteiger partial charge is 0.160 e. The molecule has 0 spiro atoms. The molecule has 0 fully saturated rings. The van der Waals surface area contributed by atoms with Crippen LogP contribution in [0.5, 0.6) is 0 Å². The summed E-state index contributed by atoms with van der Waals surface area (Å²) in [6.45, 7) is 1.89. The third-order valence-electron chi connectivity index (χ3n) is 3.18. The minimum atomic E-state index is -3.48. The standard InChI is InChI=1S/C16H14N2O2S.Ir/c1-17-11-12-18(13-17)14-7-9-16(10-8-14)21(19,20)15-5-3-2-4-6-15;/h2-7,9-13H,1H3;/q-2;. The summed E-state index contributed by atoms with van der Waals surface area (Å²) in [6.07, 6.45) is 3.79. The summed E-state index contributed by atoms with van der Waals surface area (Å²) < 4.78 is 24.9. The van der Waals surface area contributed by atoms with Crippen LogP contribution in [0.15, 0.2) is 70.7 Å². The number of nitrogens with zero attached hydrogens (tertiary/aromatic N) is 2. The van der Waals surface area contributed by atoms with Gasteiger partial charge >= 0.3 is 0 Å². The molecule has 1 aliphatic heterocycles. The van der Waals surface area contributed by atoms with Crippen LogP contribution in [0.3, 0.4) is 0 Å². The molecule has 2 aromatic rings. The fourth-order valence-corrected chi connectivity index (χ4v) is 3.31. The average Bonchev–Trinajstić information content (AvgIpc) is 2.95. The Morgan fingerprint density at radius 3 is 2.27 bits per heavy atom. The summed E-state index contributed by atoms with van der Waals surface area (Å²) in [5, 5.41) is 0. The molecule has 117 valence electrons. The van der Waals surface area contributed by atoms with Crippen LogP contribution in [0.2, 0.25) is 0 Å². The Morgan fingerprint density at radius 1 is 1.00 bits per heavy atom. The van der Waals surface area contributed by atoms with Crippen molar-refractivity contribution in [2.24, 2.45) is 0 Å². The van der Waals surface area contributed by atoms with Gasteiger partial charge in [-0.05, 0) is 36.5 Å². The second kappa shape index (κ2) is 6.65. The van der Waals surface area contributed by atoms with Crippen molar-refractivity contribution in [1.82, 2.24) is 4.90 Å². The normalized spacial score (nSPS) is 14.0. The first kappa shape index (κ1) is 16.7. The van der Waals surface area contributed by atoms with Gasteiger partial charge in [0.1, 0.15) is 0 Å². The summed E-state index contributed by atoms with van der Waals surface area (Å²) in [4.78, 5) is 4.31. The minimum Gasteiger partial charge on any atom is -0.510 e. The van der Waals surface area contributed by atoms with Gasteiger partial charge in [0.05, 0.1) is 4.90 Å². The molecule has 4 nitrogen and oxygen atoms in total. The second-order valence-electron chi connectivity index (χ2n) is 4.71. The fourth-order valence-electron chi connectivity index (χ4n) is 2.06. The van der Waals surface area contributed by atoms with Crippen LogP contribution in [0.4, 0.5) is 5.69 Å². The zero-order valence-corrected chi connectivity index (χ0v) is 15.0. The zero-order chi connectivity index (χ0) is 14.9. The van der Waals surface area contributed by atoms with E-state index in [1.54, 1.807) is 42.5 Å². The summed E-state index contributed by atoms with van der Waals surface area (Å²) >= 11 is 0. The average molecular weight is 491 g/mol. The van der Waals surface area contributed by atoms with Crippen LogP contribution in [-0.2, 0) is 29.9 Å². The van der Waals surface area contributed by atoms with Crippen molar-refractivity contribution in [3.8, 4) is 0 Å². The Kier molecular flexibility index (Phi) is 5.06. The van der Waals surface area contributed by atoms with E-state index in [2.05, 4.69) is 6.07 Å². The van der Waals surface area contributed by atoms with E-state index in [9.17, 15) is 8.42 Å². The van der Waals surface area contributed by atoms with E-state index in [1.165, 1.54) is 6.07 Å². The molecule has 1 radical (unpaired) electrons. The molecule has 2 aromatic carbocycles. The molecule has 22 heavy (non-hydrogen) atoms. The van der Waals surface area contributed by atoms with Crippen LogP contribution in [-0.4, -0.2) is 20.4 Å². The van der Waals surface area contributed by atoms with Crippen molar-refractivity contribution in [2.45, 2.75) is 9.79 Å². The van der Waals surface area contributed by atoms with Gasteiger partial charge < -0.3 is 9.80 Å². The SMILES string of the molecule is CN1C=CN(c2[c-]cc(S(=O)(=O)c3ccccc3)cc2)[CH-]1.[Ir]. The number of rotatable bonds is 3. The van der Waals surface area contributed by atoms with Crippen molar-refractivity contribution < 1.29 is 28.5 Å². The predicted octanol–water partition coefficient (Wildman–Crippen LogP) is 2.66. The van der Waals surface area contributed by atoms with Gasteiger partial charge in [-0.25, -0.2) is 8.42 Å². The molecule has 3 rings (SSSR count). The van der Waals surface area contributed by atoms with Crippen molar-refractivity contribution in [2.75, 3.05) is 11.9 Å². The van der Waals surface area contributed by atoms with E-state index in [0.29, 0.717) is 4.90 Å². The van der Waals surface area contributed by atoms with Crippen LogP contribution in [0.1, 0.15) is 0 Å². The van der Waals surface area contributed by atoms with Crippen molar-refractivity contribution in [3.63, 3.8) is 0 Å². The van der Waals surface area contributed by atoms with E-state index in [-0.39, 0.29) is 25.0 Å². The largest absolute Gasteiger partial charge is 0.510 e. The van der Waals surface area contributed by atoms with Crippen molar-refractivity contribution in [3.05, 3.63) is 73.7 Å². The first-order valence-corrected chi connectivity index (χ1v) is 7.91. The Morgan fingerprint density at radius 2 is 1.73 bits per heavy atom. The second-order valence-corrected chi connectivity index (χ2v) is 6.66. The van der Waals surface area contributed by atoms with Crippen LogP contribution >= 0.6 is 0 Å². The number of hydrogen-bond donors (Lipinski definition) is 0. The molecular weight excluding hydrogens is 476 g/mol. The molecule has 0 amide bonds. The van der Waals surface area contributed by atoms with Gasteiger partial charge in [0.15, 0.2) is 9.84 Å². The van der Waals surface area contributed by atoms with E-state index in [0.717, 1.165) is 5.69 Å². The van der Waals surface area contributed by atoms with Crippen LogP contribution in [0.25, 0.3) is 0 Å². The first-order chi connectivity index (χ1) is 10.1. The van der Waals surface area contributed by atoms with Gasteiger partial charge in [-0.1, -0.05) is 18.2 Å². The number of anilines is 1. The Balaban J connectivity index is 0.00000176. The zero-order valence-electron chi connectivity index (χ0n) is 11.8. The van der Waals surface area contributed by atoms with Gasteiger partial charge in [-0.2, -0.15) is 24.9 Å². The molecule has 0 atom stereocenters. The molecule has 0 bridgehead atoms. The maximum absolute atomic E-state index is 12.5. The number of benzene rings is 2. The summed E-state index contributed by atoms with van der Waals surface area (Å²) in [6, 6.07) is 16.3. The van der Waals surface area contributed by atoms with Crippen molar-refractivity contribution in [1.29, 1.82) is 0 Å². The summed E-state index contributed by atoms with van der Waals surface area (Å²) in [7, 11) is -1.56. The molecule has 0 aromatic heterocycles. The fraction of sp³-hybridized carbons (Fsp3) is 0.0625. The molecular formula is C16H14IrN2O2S-2. The van der Waals surface area contributed by atoms with Gasteiger partial charge in [0, 0.05) is 20.1 Å². The first-order valence-electron chi connectivity index (χ1n) is 6.43. The molecule has 0 saturated heterocycles. The Hall–Kier alpha value is -1.62. The van der Waals surface area contributed by atoms with Gasteiger partial charge in [-0.15, -0.1) is 11.8 Å². The number of hydrogen-bond acceptors (Lipinski definition) is 4. The molecule has 0 saturated carbocycles. The van der Waals surface area contributed by atoms with Crippen LogP contribution < -0.4 is 4.90 Å². The molecule has 0 aliphatic carbocycles. The molecule has 1 aliphatic rings. The van der Waals surface area contributed by atoms with Gasteiger partial charge in [0.25, 0.3) is 0 Å². The molecule has 6 heteroatoms. The van der Waals surface area contributed by atoms with Crippen molar-refractivity contribution >= 4 is 15.5 Å². The quantitative estimate of drug-likeness (QED) is 0.621. The maximum atomic E-state index is 12.5. The van der Waals surface area contributed by atoms with E-state index < -0.39 is 9.84 Å².